The molecule has 0 radical (unpaired) electrons. The molecule has 21 heavy (non-hydrogen) atoms. The number of benzene rings is 1. The average Bonchev–Trinajstić information content (AvgIpc) is 2.92. The van der Waals surface area contributed by atoms with Crippen LogP contribution in [0.5, 0.6) is 0 Å². The van der Waals surface area contributed by atoms with Crippen molar-refractivity contribution in [3.05, 3.63) is 34.4 Å². The van der Waals surface area contributed by atoms with Crippen molar-refractivity contribution in [3.8, 4) is 0 Å². The quantitative estimate of drug-likeness (QED) is 0.660. The van der Waals surface area contributed by atoms with Crippen molar-refractivity contribution in [2.75, 3.05) is 18.4 Å². The summed E-state index contributed by atoms with van der Waals surface area (Å²) >= 11 is 0. The fourth-order valence-electron chi connectivity index (χ4n) is 3.64. The van der Waals surface area contributed by atoms with Crippen molar-refractivity contribution in [2.45, 2.75) is 25.7 Å². The van der Waals surface area contributed by atoms with Crippen LogP contribution in [0, 0.1) is 21.4 Å². The van der Waals surface area contributed by atoms with Gasteiger partial charge in [-0.2, -0.15) is 0 Å². The van der Waals surface area contributed by atoms with Crippen LogP contribution in [-0.2, 0) is 4.79 Å². The van der Waals surface area contributed by atoms with E-state index in [0.717, 1.165) is 25.8 Å². The number of nitro groups is 1. The highest BCUT2D eigenvalue weighted by Gasteiger charge is 2.49. The minimum atomic E-state index is -0.450. The summed E-state index contributed by atoms with van der Waals surface area (Å²) in [7, 11) is 0. The number of non-ortho nitro benzene ring substituents is 1. The molecule has 1 saturated heterocycles. The fourth-order valence-corrected chi connectivity index (χ4v) is 3.64. The summed E-state index contributed by atoms with van der Waals surface area (Å²) in [6.45, 7) is 1.60. The van der Waals surface area contributed by atoms with Gasteiger partial charge < -0.3 is 10.6 Å². The van der Waals surface area contributed by atoms with Crippen LogP contribution in [-0.4, -0.2) is 23.9 Å². The van der Waals surface area contributed by atoms with E-state index in [0.29, 0.717) is 18.2 Å². The zero-order valence-corrected chi connectivity index (χ0v) is 11.8. The molecule has 1 aliphatic carbocycles. The monoisotopic (exact) mass is 289 g/mol. The largest absolute Gasteiger partial charge is 0.325 e. The number of nitrogens with one attached hydrogen (secondary N) is 2. The van der Waals surface area contributed by atoms with E-state index in [-0.39, 0.29) is 17.0 Å². The summed E-state index contributed by atoms with van der Waals surface area (Å²) in [5.74, 6) is 0.377. The van der Waals surface area contributed by atoms with Crippen molar-refractivity contribution < 1.29 is 9.72 Å². The van der Waals surface area contributed by atoms with Gasteiger partial charge in [0.15, 0.2) is 0 Å². The molecule has 0 spiro atoms. The van der Waals surface area contributed by atoms with E-state index in [1.54, 1.807) is 12.1 Å². The van der Waals surface area contributed by atoms with Crippen LogP contribution >= 0.6 is 0 Å². The van der Waals surface area contributed by atoms with Crippen molar-refractivity contribution in [3.63, 3.8) is 0 Å². The van der Waals surface area contributed by atoms with Crippen LogP contribution in [0.4, 0.5) is 11.4 Å². The third kappa shape index (κ3) is 2.51. The molecule has 1 aliphatic heterocycles. The molecule has 3 rings (SSSR count). The van der Waals surface area contributed by atoms with E-state index < -0.39 is 4.92 Å². The molecule has 1 aromatic carbocycles. The topological polar surface area (TPSA) is 84.3 Å². The van der Waals surface area contributed by atoms with Gasteiger partial charge in [-0.3, -0.25) is 14.9 Å². The molecule has 6 heteroatoms. The van der Waals surface area contributed by atoms with Crippen LogP contribution < -0.4 is 10.6 Å². The molecular weight excluding hydrogens is 270 g/mol. The summed E-state index contributed by atoms with van der Waals surface area (Å²) in [4.78, 5) is 23.1. The highest BCUT2D eigenvalue weighted by Crippen LogP contribution is 2.44. The van der Waals surface area contributed by atoms with E-state index in [1.165, 1.54) is 18.6 Å². The Morgan fingerprint density at radius 3 is 3.10 bits per heavy atom. The molecule has 2 aliphatic rings. The van der Waals surface area contributed by atoms with Crippen molar-refractivity contribution in [1.29, 1.82) is 0 Å². The number of carbonyl (C=O) groups is 1. The molecule has 0 bridgehead atoms. The molecule has 2 atom stereocenters. The number of nitrogens with zero attached hydrogens (tertiary/aromatic N) is 1. The second-order valence-corrected chi connectivity index (χ2v) is 5.99. The Morgan fingerprint density at radius 1 is 1.43 bits per heavy atom. The molecule has 0 unspecified atom stereocenters. The van der Waals surface area contributed by atoms with Gasteiger partial charge in [-0.05, 0) is 31.4 Å². The number of carbonyl (C=O) groups excluding carboxylic acids is 1. The average molecular weight is 289 g/mol. The summed E-state index contributed by atoms with van der Waals surface area (Å²) in [6, 6.07) is 6.13. The lowest BCUT2D eigenvalue weighted by atomic mass is 9.67. The second-order valence-electron chi connectivity index (χ2n) is 5.99. The Balaban J connectivity index is 1.79. The predicted molar refractivity (Wildman–Crippen MR) is 79.0 cm³/mol. The first-order chi connectivity index (χ1) is 10.1. The molecule has 0 aromatic heterocycles. The summed E-state index contributed by atoms with van der Waals surface area (Å²) < 4.78 is 0. The molecule has 112 valence electrons. The number of rotatable bonds is 3. The molecule has 1 amide bonds. The van der Waals surface area contributed by atoms with Gasteiger partial charge in [0.25, 0.3) is 5.69 Å². The summed E-state index contributed by atoms with van der Waals surface area (Å²) in [5, 5.41) is 17.0. The number of nitro benzene ring substituents is 1. The van der Waals surface area contributed by atoms with Gasteiger partial charge in [-0.25, -0.2) is 0 Å². The maximum Gasteiger partial charge on any atom is 0.271 e. The number of fused-ring (bicyclic) bond motifs is 1. The van der Waals surface area contributed by atoms with Crippen molar-refractivity contribution in [2.24, 2.45) is 11.3 Å². The number of hydrogen-bond donors (Lipinski definition) is 2. The molecule has 2 fully saturated rings. The van der Waals surface area contributed by atoms with Gasteiger partial charge in [-0.1, -0.05) is 18.9 Å². The first-order valence-electron chi connectivity index (χ1n) is 7.38. The Bertz CT molecular complexity index is 575. The maximum atomic E-state index is 12.7. The number of hydrogen-bond acceptors (Lipinski definition) is 4. The van der Waals surface area contributed by atoms with Crippen LogP contribution in [0.3, 0.4) is 0 Å². The van der Waals surface area contributed by atoms with E-state index in [9.17, 15) is 14.9 Å². The van der Waals surface area contributed by atoms with Crippen molar-refractivity contribution in [1.82, 2.24) is 5.32 Å². The minimum absolute atomic E-state index is 0.00213. The number of amides is 1. The lowest BCUT2D eigenvalue weighted by Gasteiger charge is -2.37. The van der Waals surface area contributed by atoms with Crippen LogP contribution in [0.15, 0.2) is 24.3 Å². The van der Waals surface area contributed by atoms with Gasteiger partial charge >= 0.3 is 0 Å². The third-order valence-corrected chi connectivity index (χ3v) is 4.81. The highest BCUT2D eigenvalue weighted by atomic mass is 16.6. The van der Waals surface area contributed by atoms with Crippen LogP contribution in [0.2, 0.25) is 0 Å². The fraction of sp³-hybridized carbons (Fsp3) is 0.533. The smallest absolute Gasteiger partial charge is 0.271 e. The Hall–Kier alpha value is -1.95. The van der Waals surface area contributed by atoms with Crippen molar-refractivity contribution >= 4 is 17.3 Å². The van der Waals surface area contributed by atoms with Gasteiger partial charge in [0.2, 0.25) is 5.91 Å². The SMILES string of the molecule is O=C(Nc1cccc([N+](=O)[O-])c1)[C@@]12CCCC[C@H]1CNC2. The molecule has 2 N–H and O–H groups in total. The van der Waals surface area contributed by atoms with E-state index in [1.807, 2.05) is 0 Å². The van der Waals surface area contributed by atoms with E-state index >= 15 is 0 Å². The second kappa shape index (κ2) is 5.44. The molecule has 6 nitrogen and oxygen atoms in total. The van der Waals surface area contributed by atoms with Gasteiger partial charge in [-0.15, -0.1) is 0 Å². The summed E-state index contributed by atoms with van der Waals surface area (Å²) in [5.41, 5.74) is 0.151. The Kier molecular flexibility index (Phi) is 3.63. The predicted octanol–water partition coefficient (Wildman–Crippen LogP) is 2.31. The first-order valence-corrected chi connectivity index (χ1v) is 7.38. The highest BCUT2D eigenvalue weighted by molar-refractivity contribution is 5.96. The first kappa shape index (κ1) is 14.0. The maximum absolute atomic E-state index is 12.7. The Morgan fingerprint density at radius 2 is 2.29 bits per heavy atom. The molecule has 1 saturated carbocycles. The minimum Gasteiger partial charge on any atom is -0.325 e. The normalized spacial score (nSPS) is 27.9. The molecule has 1 heterocycles. The lowest BCUT2D eigenvalue weighted by molar-refractivity contribution is -0.384. The zero-order chi connectivity index (χ0) is 14.9. The third-order valence-electron chi connectivity index (χ3n) is 4.81. The lowest BCUT2D eigenvalue weighted by Crippen LogP contribution is -2.44. The zero-order valence-electron chi connectivity index (χ0n) is 11.8. The molecule has 1 aromatic rings. The van der Waals surface area contributed by atoms with Gasteiger partial charge in [0, 0.05) is 24.4 Å². The van der Waals surface area contributed by atoms with Gasteiger partial charge in [0.1, 0.15) is 0 Å². The molecular formula is C15H19N3O3. The Labute approximate surface area is 123 Å². The van der Waals surface area contributed by atoms with E-state index in [2.05, 4.69) is 10.6 Å². The van der Waals surface area contributed by atoms with E-state index in [4.69, 9.17) is 0 Å². The van der Waals surface area contributed by atoms with Crippen LogP contribution in [0.25, 0.3) is 0 Å². The number of anilines is 1. The standard InChI is InChI=1S/C15H19N3O3/c19-14(15-7-2-1-4-11(15)9-16-10-15)17-12-5-3-6-13(8-12)18(20)21/h3,5-6,8,11,16H,1-2,4,7,9-10H2,(H,17,19)/t11-,15+/m0/s1. The summed E-state index contributed by atoms with van der Waals surface area (Å²) in [6.07, 6.45) is 4.22. The van der Waals surface area contributed by atoms with Gasteiger partial charge in [0.05, 0.1) is 10.3 Å². The van der Waals surface area contributed by atoms with Crippen LogP contribution in [0.1, 0.15) is 25.7 Å².